The molecule has 2 amide bonds. The number of benzene rings is 2. The summed E-state index contributed by atoms with van der Waals surface area (Å²) in [7, 11) is -3.57. The lowest BCUT2D eigenvalue weighted by atomic mass is 10.0. The van der Waals surface area contributed by atoms with E-state index in [-0.39, 0.29) is 35.1 Å². The molecule has 1 unspecified atom stereocenters. The Hall–Kier alpha value is -2.71. The monoisotopic (exact) mass is 441 g/mol. The van der Waals surface area contributed by atoms with E-state index in [0.717, 1.165) is 11.3 Å². The van der Waals surface area contributed by atoms with Crippen LogP contribution in [0, 0.1) is 12.8 Å². The molecule has 0 aromatic heterocycles. The van der Waals surface area contributed by atoms with Crippen molar-refractivity contribution in [2.45, 2.75) is 37.1 Å². The lowest BCUT2D eigenvalue weighted by Crippen LogP contribution is -2.48. The van der Waals surface area contributed by atoms with Crippen molar-refractivity contribution in [2.75, 3.05) is 24.5 Å². The van der Waals surface area contributed by atoms with E-state index in [1.807, 2.05) is 31.2 Å². The average Bonchev–Trinajstić information content (AvgIpc) is 3.16. The summed E-state index contributed by atoms with van der Waals surface area (Å²) in [6.45, 7) is 3.35. The molecule has 2 aliphatic heterocycles. The van der Waals surface area contributed by atoms with Crippen molar-refractivity contribution in [3.8, 4) is 0 Å². The van der Waals surface area contributed by atoms with E-state index >= 15 is 0 Å². The third-order valence-corrected chi connectivity index (χ3v) is 7.54. The molecular formula is C23H27N3O4S. The van der Waals surface area contributed by atoms with Crippen LogP contribution in [0.5, 0.6) is 0 Å². The Morgan fingerprint density at radius 2 is 1.65 bits per heavy atom. The molecule has 0 bridgehead atoms. The Morgan fingerprint density at radius 3 is 2.29 bits per heavy atom. The van der Waals surface area contributed by atoms with Crippen LogP contribution in [-0.4, -0.2) is 50.8 Å². The number of sulfonamides is 1. The number of aryl methyl sites for hydroxylation is 1. The first-order valence-electron chi connectivity index (χ1n) is 10.6. The topological polar surface area (TPSA) is 86.8 Å². The predicted molar refractivity (Wildman–Crippen MR) is 118 cm³/mol. The number of piperidine rings is 1. The summed E-state index contributed by atoms with van der Waals surface area (Å²) in [5.41, 5.74) is 1.94. The second kappa shape index (κ2) is 8.80. The van der Waals surface area contributed by atoms with Gasteiger partial charge in [-0.3, -0.25) is 9.59 Å². The molecule has 0 spiro atoms. The van der Waals surface area contributed by atoms with Gasteiger partial charge in [-0.15, -0.1) is 0 Å². The Bertz CT molecular complexity index is 1050. The summed E-state index contributed by atoms with van der Waals surface area (Å²) in [5, 5.41) is 0. The fourth-order valence-electron chi connectivity index (χ4n) is 4.21. The van der Waals surface area contributed by atoms with Gasteiger partial charge in [-0.2, -0.15) is 0 Å². The highest BCUT2D eigenvalue weighted by molar-refractivity contribution is 7.89. The number of amides is 2. The lowest BCUT2D eigenvalue weighted by Gasteiger charge is -2.33. The van der Waals surface area contributed by atoms with E-state index in [1.165, 1.54) is 0 Å². The first-order chi connectivity index (χ1) is 14.8. The number of carbonyl (C=O) groups is 2. The van der Waals surface area contributed by atoms with Crippen LogP contribution in [-0.2, 0) is 19.6 Å². The molecule has 2 saturated heterocycles. The molecule has 0 aliphatic carbocycles. The van der Waals surface area contributed by atoms with Gasteiger partial charge in [-0.1, -0.05) is 35.9 Å². The summed E-state index contributed by atoms with van der Waals surface area (Å²) in [6.07, 6.45) is 1.33. The number of anilines is 1. The van der Waals surface area contributed by atoms with E-state index < -0.39 is 10.0 Å². The van der Waals surface area contributed by atoms with Crippen LogP contribution in [0.3, 0.4) is 0 Å². The van der Waals surface area contributed by atoms with Crippen LogP contribution in [0.4, 0.5) is 5.69 Å². The maximum atomic E-state index is 13.0. The number of nitrogens with zero attached hydrogens (tertiary/aromatic N) is 2. The lowest BCUT2D eigenvalue weighted by molar-refractivity contribution is -0.136. The van der Waals surface area contributed by atoms with Crippen LogP contribution in [0.15, 0.2) is 59.5 Å². The van der Waals surface area contributed by atoms with Crippen molar-refractivity contribution >= 4 is 27.5 Å². The number of carbonyl (C=O) groups excluding carboxylic acids is 2. The Balaban J connectivity index is 1.32. The van der Waals surface area contributed by atoms with Gasteiger partial charge in [-0.25, -0.2) is 13.1 Å². The SMILES string of the molecule is Cc1ccc(N2CC(C(=O)N3CCC(NS(=O)(=O)c4ccccc4)CC3)CC2=O)cc1. The minimum atomic E-state index is -3.57. The van der Waals surface area contributed by atoms with Crippen LogP contribution in [0.2, 0.25) is 0 Å². The third kappa shape index (κ3) is 4.80. The fraction of sp³-hybridized carbons (Fsp3) is 0.391. The maximum Gasteiger partial charge on any atom is 0.240 e. The molecule has 2 heterocycles. The molecular weight excluding hydrogens is 414 g/mol. The zero-order valence-corrected chi connectivity index (χ0v) is 18.3. The van der Waals surface area contributed by atoms with Crippen LogP contribution >= 0.6 is 0 Å². The first-order valence-corrected chi connectivity index (χ1v) is 12.0. The fourth-order valence-corrected chi connectivity index (χ4v) is 5.54. The molecule has 1 atom stereocenters. The van der Waals surface area contributed by atoms with Crippen LogP contribution in [0.1, 0.15) is 24.8 Å². The van der Waals surface area contributed by atoms with E-state index in [9.17, 15) is 18.0 Å². The Labute approximate surface area is 183 Å². The molecule has 0 saturated carbocycles. The van der Waals surface area contributed by atoms with Crippen molar-refractivity contribution in [1.82, 2.24) is 9.62 Å². The van der Waals surface area contributed by atoms with Gasteiger partial charge >= 0.3 is 0 Å². The second-order valence-electron chi connectivity index (χ2n) is 8.27. The Kier molecular flexibility index (Phi) is 6.11. The zero-order chi connectivity index (χ0) is 22.0. The highest BCUT2D eigenvalue weighted by Gasteiger charge is 2.38. The molecule has 8 heteroatoms. The van der Waals surface area contributed by atoms with Gasteiger partial charge in [0.15, 0.2) is 0 Å². The van der Waals surface area contributed by atoms with Gasteiger partial charge < -0.3 is 9.80 Å². The Morgan fingerprint density at radius 1 is 1.00 bits per heavy atom. The van der Waals surface area contributed by atoms with Gasteiger partial charge in [0.25, 0.3) is 0 Å². The molecule has 164 valence electrons. The van der Waals surface area contributed by atoms with E-state index in [4.69, 9.17) is 0 Å². The molecule has 2 fully saturated rings. The number of nitrogens with one attached hydrogen (secondary N) is 1. The molecule has 2 aliphatic rings. The van der Waals surface area contributed by atoms with Crippen LogP contribution < -0.4 is 9.62 Å². The molecule has 4 rings (SSSR count). The highest BCUT2D eigenvalue weighted by atomic mass is 32.2. The first kappa shape index (κ1) is 21.5. The summed E-state index contributed by atoms with van der Waals surface area (Å²) < 4.78 is 27.8. The van der Waals surface area contributed by atoms with Crippen LogP contribution in [0.25, 0.3) is 0 Å². The van der Waals surface area contributed by atoms with Crippen molar-refractivity contribution in [2.24, 2.45) is 5.92 Å². The van der Waals surface area contributed by atoms with E-state index in [0.29, 0.717) is 32.5 Å². The standard InChI is InChI=1S/C23H27N3O4S/c1-17-7-9-20(10-8-17)26-16-18(15-22(26)27)23(28)25-13-11-19(12-14-25)24-31(29,30)21-5-3-2-4-6-21/h2-10,18-19,24H,11-16H2,1H3. The summed E-state index contributed by atoms with van der Waals surface area (Å²) in [5.74, 6) is -0.411. The molecule has 0 radical (unpaired) electrons. The van der Waals surface area contributed by atoms with E-state index in [2.05, 4.69) is 4.72 Å². The largest absolute Gasteiger partial charge is 0.342 e. The molecule has 2 aromatic carbocycles. The molecule has 7 nitrogen and oxygen atoms in total. The summed E-state index contributed by atoms with van der Waals surface area (Å²) >= 11 is 0. The van der Waals surface area contributed by atoms with Crippen molar-refractivity contribution < 1.29 is 18.0 Å². The molecule has 1 N–H and O–H groups in total. The summed E-state index contributed by atoms with van der Waals surface area (Å²) in [4.78, 5) is 29.2. The molecule has 2 aromatic rings. The summed E-state index contributed by atoms with van der Waals surface area (Å²) in [6, 6.07) is 15.8. The maximum absolute atomic E-state index is 13.0. The third-order valence-electron chi connectivity index (χ3n) is 6.00. The predicted octanol–water partition coefficient (Wildman–Crippen LogP) is 2.32. The minimum Gasteiger partial charge on any atom is -0.342 e. The van der Waals surface area contributed by atoms with Crippen molar-refractivity contribution in [3.05, 3.63) is 60.2 Å². The number of hydrogen-bond acceptors (Lipinski definition) is 4. The average molecular weight is 442 g/mol. The number of rotatable bonds is 5. The van der Waals surface area contributed by atoms with Gasteiger partial charge in [0.1, 0.15) is 0 Å². The van der Waals surface area contributed by atoms with Gasteiger partial charge in [-0.05, 0) is 44.0 Å². The van der Waals surface area contributed by atoms with Gasteiger partial charge in [0.2, 0.25) is 21.8 Å². The second-order valence-corrected chi connectivity index (χ2v) is 9.99. The molecule has 31 heavy (non-hydrogen) atoms. The smallest absolute Gasteiger partial charge is 0.240 e. The normalized spacial score (nSPS) is 20.3. The van der Waals surface area contributed by atoms with Gasteiger partial charge in [0.05, 0.1) is 10.8 Å². The zero-order valence-electron chi connectivity index (χ0n) is 17.5. The number of likely N-dealkylation sites (tertiary alicyclic amines) is 1. The van der Waals surface area contributed by atoms with E-state index in [1.54, 1.807) is 40.1 Å². The highest BCUT2D eigenvalue weighted by Crippen LogP contribution is 2.27. The minimum absolute atomic E-state index is 0.0210. The number of hydrogen-bond donors (Lipinski definition) is 1. The van der Waals surface area contributed by atoms with Crippen molar-refractivity contribution in [3.63, 3.8) is 0 Å². The van der Waals surface area contributed by atoms with Gasteiger partial charge in [0, 0.05) is 37.8 Å². The van der Waals surface area contributed by atoms with Crippen molar-refractivity contribution in [1.29, 1.82) is 0 Å². The quantitative estimate of drug-likeness (QED) is 0.772.